The summed E-state index contributed by atoms with van der Waals surface area (Å²) in [7, 11) is 0. The molecule has 0 atom stereocenters. The van der Waals surface area contributed by atoms with Gasteiger partial charge in [0.05, 0.1) is 16.8 Å². The zero-order valence-electron chi connectivity index (χ0n) is 21.1. The predicted molar refractivity (Wildman–Crippen MR) is 157 cm³/mol. The van der Waals surface area contributed by atoms with E-state index in [1.54, 1.807) is 11.3 Å². The lowest BCUT2D eigenvalue weighted by Gasteiger charge is -2.32. The Balaban J connectivity index is 0.998. The fourth-order valence-corrected chi connectivity index (χ4v) is 6.29. The van der Waals surface area contributed by atoms with Gasteiger partial charge in [-0.1, -0.05) is 72.8 Å². The molecule has 0 amide bonds. The first-order chi connectivity index (χ1) is 18.3. The van der Waals surface area contributed by atoms with Crippen LogP contribution in [0.5, 0.6) is 5.75 Å². The molecule has 3 nitrogen and oxygen atoms in total. The van der Waals surface area contributed by atoms with Crippen LogP contribution in [0.3, 0.4) is 0 Å². The third-order valence-corrected chi connectivity index (χ3v) is 8.36. The lowest BCUT2D eigenvalue weighted by Crippen LogP contribution is -2.34. The van der Waals surface area contributed by atoms with E-state index >= 15 is 0 Å². The standard InChI is InChI=1S/C33H32N2OS/c1-3-12-28-25(9-1)11-7-13-29(28)26-19-22-35(23-20-26)21-8-24-36-31-15-5-2-10-27(31)17-18-33-34-30-14-4-6-16-32(30)37-33/h1-7,9-18,26H,8,19-24H2/b18-17+. The van der Waals surface area contributed by atoms with Gasteiger partial charge in [-0.25, -0.2) is 4.98 Å². The molecule has 6 rings (SSSR count). The molecular formula is C33H32N2OS. The van der Waals surface area contributed by atoms with Crippen LogP contribution in [0.25, 0.3) is 33.1 Å². The van der Waals surface area contributed by atoms with Gasteiger partial charge in [-0.15, -0.1) is 11.3 Å². The highest BCUT2D eigenvalue weighted by Gasteiger charge is 2.21. The number of nitrogens with zero attached hydrogens (tertiary/aromatic N) is 2. The van der Waals surface area contributed by atoms with Crippen molar-refractivity contribution in [1.29, 1.82) is 0 Å². The molecule has 0 spiro atoms. The summed E-state index contributed by atoms with van der Waals surface area (Å²) >= 11 is 1.71. The number of para-hydroxylation sites is 2. The number of benzene rings is 4. The molecule has 0 bridgehead atoms. The number of rotatable bonds is 8. The zero-order chi connectivity index (χ0) is 24.9. The quantitative estimate of drug-likeness (QED) is 0.199. The van der Waals surface area contributed by atoms with E-state index in [4.69, 9.17) is 9.72 Å². The van der Waals surface area contributed by atoms with Crippen LogP contribution in [-0.4, -0.2) is 36.1 Å². The van der Waals surface area contributed by atoms with E-state index in [0.717, 1.165) is 54.5 Å². The Morgan fingerprint density at radius 1 is 0.838 bits per heavy atom. The van der Waals surface area contributed by atoms with Crippen molar-refractivity contribution in [1.82, 2.24) is 9.88 Å². The first kappa shape index (κ1) is 23.9. The number of hydrogen-bond acceptors (Lipinski definition) is 4. The lowest BCUT2D eigenvalue weighted by molar-refractivity contribution is 0.193. The first-order valence-electron chi connectivity index (χ1n) is 13.3. The fraction of sp³-hybridized carbons (Fsp3) is 0.242. The van der Waals surface area contributed by atoms with Crippen molar-refractivity contribution in [3.8, 4) is 5.75 Å². The predicted octanol–water partition coefficient (Wildman–Crippen LogP) is 8.27. The molecule has 0 radical (unpaired) electrons. The average molecular weight is 505 g/mol. The van der Waals surface area contributed by atoms with E-state index < -0.39 is 0 Å². The SMILES string of the molecule is C(=C\c1ccccc1OCCCN1CCC(c2cccc3ccccc23)CC1)/c1nc2ccccc2s1. The molecule has 1 aliphatic rings. The Labute approximate surface area is 223 Å². The second-order valence-corrected chi connectivity index (χ2v) is 10.8. The maximum absolute atomic E-state index is 6.22. The molecule has 0 unspecified atom stereocenters. The van der Waals surface area contributed by atoms with Gasteiger partial charge in [-0.3, -0.25) is 0 Å². The van der Waals surface area contributed by atoms with Crippen LogP contribution in [0.4, 0.5) is 0 Å². The molecule has 1 fully saturated rings. The number of likely N-dealkylation sites (tertiary alicyclic amines) is 1. The summed E-state index contributed by atoms with van der Waals surface area (Å²) < 4.78 is 7.43. The number of aromatic nitrogens is 1. The number of fused-ring (bicyclic) bond motifs is 2. The third kappa shape index (κ3) is 5.61. The molecule has 0 N–H and O–H groups in total. The molecule has 186 valence electrons. The van der Waals surface area contributed by atoms with Crippen molar-refractivity contribution < 1.29 is 4.74 Å². The van der Waals surface area contributed by atoms with Gasteiger partial charge in [0.2, 0.25) is 0 Å². The molecule has 5 aromatic rings. The van der Waals surface area contributed by atoms with Crippen molar-refractivity contribution >= 4 is 44.5 Å². The molecule has 1 saturated heterocycles. The van der Waals surface area contributed by atoms with Crippen molar-refractivity contribution in [2.45, 2.75) is 25.2 Å². The van der Waals surface area contributed by atoms with Crippen LogP contribution < -0.4 is 4.74 Å². The molecular weight excluding hydrogens is 472 g/mol. The van der Waals surface area contributed by atoms with Crippen LogP contribution in [0.1, 0.15) is 41.3 Å². The summed E-state index contributed by atoms with van der Waals surface area (Å²) in [4.78, 5) is 7.31. The summed E-state index contributed by atoms with van der Waals surface area (Å²) in [5, 5.41) is 3.80. The topological polar surface area (TPSA) is 25.4 Å². The number of piperidine rings is 1. The third-order valence-electron chi connectivity index (χ3n) is 7.36. The van der Waals surface area contributed by atoms with Crippen LogP contribution >= 0.6 is 11.3 Å². The normalized spacial score (nSPS) is 15.1. The van der Waals surface area contributed by atoms with Gasteiger partial charge in [0, 0.05) is 12.1 Å². The zero-order valence-corrected chi connectivity index (χ0v) is 21.9. The summed E-state index contributed by atoms with van der Waals surface area (Å²) in [6, 6.07) is 32.1. The summed E-state index contributed by atoms with van der Waals surface area (Å²) in [5.74, 6) is 1.60. The van der Waals surface area contributed by atoms with E-state index in [9.17, 15) is 0 Å². The van der Waals surface area contributed by atoms with E-state index in [0.29, 0.717) is 5.92 Å². The lowest BCUT2D eigenvalue weighted by atomic mass is 9.86. The van der Waals surface area contributed by atoms with Crippen LogP contribution in [-0.2, 0) is 0 Å². The Morgan fingerprint density at radius 2 is 1.62 bits per heavy atom. The van der Waals surface area contributed by atoms with Crippen LogP contribution in [0, 0.1) is 0 Å². The Bertz CT molecular complexity index is 1480. The van der Waals surface area contributed by atoms with Gasteiger partial charge in [-0.05, 0) is 85.0 Å². The molecule has 0 aliphatic carbocycles. The number of ether oxygens (including phenoxy) is 1. The monoisotopic (exact) mass is 504 g/mol. The number of thiazole rings is 1. The van der Waals surface area contributed by atoms with Gasteiger partial charge in [-0.2, -0.15) is 0 Å². The van der Waals surface area contributed by atoms with Crippen LogP contribution in [0.2, 0.25) is 0 Å². The molecule has 37 heavy (non-hydrogen) atoms. The summed E-state index contributed by atoms with van der Waals surface area (Å²) in [5.41, 5.74) is 3.67. The van der Waals surface area contributed by atoms with E-state index in [2.05, 4.69) is 95.9 Å². The Kier molecular flexibility index (Phi) is 7.29. The summed E-state index contributed by atoms with van der Waals surface area (Å²) in [6.45, 7) is 4.14. The molecule has 0 saturated carbocycles. The maximum Gasteiger partial charge on any atom is 0.126 e. The second-order valence-electron chi connectivity index (χ2n) is 9.78. The van der Waals surface area contributed by atoms with Crippen molar-refractivity contribution in [2.24, 2.45) is 0 Å². The van der Waals surface area contributed by atoms with E-state index in [1.807, 2.05) is 12.1 Å². The Morgan fingerprint density at radius 3 is 2.54 bits per heavy atom. The van der Waals surface area contributed by atoms with Gasteiger partial charge in [0.15, 0.2) is 0 Å². The molecule has 1 aliphatic heterocycles. The number of hydrogen-bond donors (Lipinski definition) is 0. The highest BCUT2D eigenvalue weighted by Crippen LogP contribution is 2.33. The van der Waals surface area contributed by atoms with Crippen LogP contribution in [0.15, 0.2) is 91.0 Å². The van der Waals surface area contributed by atoms with Gasteiger partial charge < -0.3 is 9.64 Å². The van der Waals surface area contributed by atoms with Gasteiger partial charge in [0.1, 0.15) is 10.8 Å². The minimum Gasteiger partial charge on any atom is -0.493 e. The summed E-state index contributed by atoms with van der Waals surface area (Å²) in [6.07, 6.45) is 7.70. The van der Waals surface area contributed by atoms with Crippen molar-refractivity contribution in [2.75, 3.05) is 26.2 Å². The minimum absolute atomic E-state index is 0.660. The van der Waals surface area contributed by atoms with Crippen molar-refractivity contribution in [3.63, 3.8) is 0 Å². The molecule has 2 heterocycles. The molecule has 1 aromatic heterocycles. The van der Waals surface area contributed by atoms with E-state index in [1.165, 1.54) is 33.9 Å². The molecule has 4 heteroatoms. The molecule has 4 aromatic carbocycles. The first-order valence-corrected chi connectivity index (χ1v) is 14.1. The average Bonchev–Trinajstić information content (AvgIpc) is 3.38. The minimum atomic E-state index is 0.660. The smallest absolute Gasteiger partial charge is 0.126 e. The van der Waals surface area contributed by atoms with Crippen molar-refractivity contribution in [3.05, 3.63) is 107 Å². The maximum atomic E-state index is 6.22. The second kappa shape index (κ2) is 11.3. The highest BCUT2D eigenvalue weighted by molar-refractivity contribution is 7.19. The van der Waals surface area contributed by atoms with Gasteiger partial charge in [0.25, 0.3) is 0 Å². The Hall–Kier alpha value is -3.47. The van der Waals surface area contributed by atoms with E-state index in [-0.39, 0.29) is 0 Å². The fourth-order valence-electron chi connectivity index (χ4n) is 5.42. The highest BCUT2D eigenvalue weighted by atomic mass is 32.1. The van der Waals surface area contributed by atoms with Gasteiger partial charge >= 0.3 is 0 Å². The largest absolute Gasteiger partial charge is 0.493 e.